The summed E-state index contributed by atoms with van der Waals surface area (Å²) in [5.41, 5.74) is 1.38. The van der Waals surface area contributed by atoms with Gasteiger partial charge in [0.1, 0.15) is 0 Å². The van der Waals surface area contributed by atoms with Crippen LogP contribution in [-0.2, 0) is 12.3 Å². The average molecular weight is 451 g/mol. The molecular formula is C21H15ClN6O2S. The van der Waals surface area contributed by atoms with Gasteiger partial charge >= 0.3 is 0 Å². The predicted molar refractivity (Wildman–Crippen MR) is 119 cm³/mol. The van der Waals surface area contributed by atoms with Crippen LogP contribution >= 0.6 is 23.4 Å². The van der Waals surface area contributed by atoms with Crippen LogP contribution in [0, 0.1) is 0 Å². The average Bonchev–Trinajstić information content (AvgIpc) is 3.42. The Morgan fingerprint density at radius 1 is 1.16 bits per heavy atom. The lowest BCUT2D eigenvalue weighted by Crippen LogP contribution is -2.22. The Kier molecular flexibility index (Phi) is 5.05. The molecule has 5 rings (SSSR count). The summed E-state index contributed by atoms with van der Waals surface area (Å²) < 4.78 is 8.80. The van der Waals surface area contributed by atoms with Crippen LogP contribution in [-0.4, -0.2) is 29.3 Å². The van der Waals surface area contributed by atoms with E-state index in [2.05, 4.69) is 26.9 Å². The van der Waals surface area contributed by atoms with Gasteiger partial charge in [0, 0.05) is 17.1 Å². The largest absolute Gasteiger partial charge is 0.338 e. The molecule has 0 fully saturated rings. The standard InChI is InChI=1S/C21H15ClN6O2S/c1-2-10-27-19(29)15-8-3-4-9-16(15)28-20(27)24-25-21(28)31-12-17-23-18(26-30-17)13-6-5-7-14(22)11-13/h2-9,11H,1,10,12H2. The zero-order valence-corrected chi connectivity index (χ0v) is 17.7. The summed E-state index contributed by atoms with van der Waals surface area (Å²) in [4.78, 5) is 17.3. The van der Waals surface area contributed by atoms with Gasteiger partial charge in [0.2, 0.25) is 17.5 Å². The topological polar surface area (TPSA) is 91.1 Å². The van der Waals surface area contributed by atoms with E-state index in [1.54, 1.807) is 28.8 Å². The SMILES string of the molecule is C=CCn1c(=O)c2ccccc2n2c(SCc3nc(-c4cccc(Cl)c4)no3)nnc12. The van der Waals surface area contributed by atoms with E-state index in [1.807, 2.05) is 34.7 Å². The first kappa shape index (κ1) is 19.5. The highest BCUT2D eigenvalue weighted by Gasteiger charge is 2.17. The molecule has 0 atom stereocenters. The van der Waals surface area contributed by atoms with Crippen molar-refractivity contribution in [1.82, 2.24) is 29.3 Å². The third-order valence-electron chi connectivity index (χ3n) is 4.67. The Morgan fingerprint density at radius 3 is 2.87 bits per heavy atom. The van der Waals surface area contributed by atoms with E-state index >= 15 is 0 Å². The maximum absolute atomic E-state index is 12.9. The van der Waals surface area contributed by atoms with Crippen molar-refractivity contribution in [3.63, 3.8) is 0 Å². The van der Waals surface area contributed by atoms with Crippen molar-refractivity contribution in [2.75, 3.05) is 0 Å². The van der Waals surface area contributed by atoms with Crippen LogP contribution in [0.15, 0.2) is 75.7 Å². The quantitative estimate of drug-likeness (QED) is 0.282. The van der Waals surface area contributed by atoms with Gasteiger partial charge in [-0.15, -0.1) is 16.8 Å². The molecule has 2 aromatic carbocycles. The van der Waals surface area contributed by atoms with Gasteiger partial charge < -0.3 is 4.52 Å². The molecule has 3 aromatic heterocycles. The minimum Gasteiger partial charge on any atom is -0.338 e. The van der Waals surface area contributed by atoms with Crippen molar-refractivity contribution >= 4 is 40.0 Å². The molecule has 8 nitrogen and oxygen atoms in total. The van der Waals surface area contributed by atoms with Gasteiger partial charge in [-0.25, -0.2) is 0 Å². The van der Waals surface area contributed by atoms with E-state index in [-0.39, 0.29) is 5.56 Å². The Labute approximate surface area is 185 Å². The number of hydrogen-bond donors (Lipinski definition) is 0. The van der Waals surface area contributed by atoms with Crippen molar-refractivity contribution in [1.29, 1.82) is 0 Å². The third-order valence-corrected chi connectivity index (χ3v) is 5.81. The lowest BCUT2D eigenvalue weighted by atomic mass is 10.2. The Balaban J connectivity index is 1.51. The van der Waals surface area contributed by atoms with Gasteiger partial charge in [-0.05, 0) is 24.3 Å². The first-order valence-electron chi connectivity index (χ1n) is 9.34. The van der Waals surface area contributed by atoms with Crippen LogP contribution in [0.3, 0.4) is 0 Å². The molecule has 0 saturated carbocycles. The number of thioether (sulfide) groups is 1. The summed E-state index contributed by atoms with van der Waals surface area (Å²) in [5.74, 6) is 1.76. The van der Waals surface area contributed by atoms with Gasteiger partial charge in [0.15, 0.2) is 5.16 Å². The van der Waals surface area contributed by atoms with E-state index in [1.165, 1.54) is 11.8 Å². The number of rotatable bonds is 6. The van der Waals surface area contributed by atoms with E-state index in [0.717, 1.165) is 11.1 Å². The number of halogens is 1. The van der Waals surface area contributed by atoms with Gasteiger partial charge in [0.05, 0.1) is 16.7 Å². The van der Waals surface area contributed by atoms with Crippen LogP contribution in [0.4, 0.5) is 0 Å². The highest BCUT2D eigenvalue weighted by Crippen LogP contribution is 2.26. The van der Waals surface area contributed by atoms with Gasteiger partial charge in [0.25, 0.3) is 5.56 Å². The molecule has 154 valence electrons. The van der Waals surface area contributed by atoms with Gasteiger partial charge in [-0.2, -0.15) is 4.98 Å². The summed E-state index contributed by atoms with van der Waals surface area (Å²) in [6.07, 6.45) is 1.66. The van der Waals surface area contributed by atoms with Crippen molar-refractivity contribution in [3.05, 3.63) is 82.5 Å². The third kappa shape index (κ3) is 3.51. The zero-order valence-electron chi connectivity index (χ0n) is 16.1. The fraction of sp³-hybridized carbons (Fsp3) is 0.0952. The molecule has 5 aromatic rings. The second-order valence-corrected chi connectivity index (χ2v) is 8.03. The molecule has 0 N–H and O–H groups in total. The molecule has 0 aliphatic heterocycles. The number of hydrogen-bond acceptors (Lipinski definition) is 7. The van der Waals surface area contributed by atoms with Crippen LogP contribution in [0.2, 0.25) is 5.02 Å². The molecule has 0 radical (unpaired) electrons. The minimum atomic E-state index is -0.130. The van der Waals surface area contributed by atoms with Crippen molar-refractivity contribution < 1.29 is 4.52 Å². The van der Waals surface area contributed by atoms with Crippen molar-refractivity contribution in [2.24, 2.45) is 0 Å². The zero-order chi connectivity index (χ0) is 21.4. The van der Waals surface area contributed by atoms with Crippen LogP contribution in [0.25, 0.3) is 28.1 Å². The molecule has 10 heteroatoms. The number of benzene rings is 2. The maximum atomic E-state index is 12.9. The van der Waals surface area contributed by atoms with Gasteiger partial charge in [-0.3, -0.25) is 13.8 Å². The minimum absolute atomic E-state index is 0.130. The molecule has 31 heavy (non-hydrogen) atoms. The maximum Gasteiger partial charge on any atom is 0.263 e. The number of nitrogens with zero attached hydrogens (tertiary/aromatic N) is 6. The first-order valence-corrected chi connectivity index (χ1v) is 10.7. The summed E-state index contributed by atoms with van der Waals surface area (Å²) >= 11 is 7.44. The van der Waals surface area contributed by atoms with E-state index in [4.69, 9.17) is 16.1 Å². The summed E-state index contributed by atoms with van der Waals surface area (Å²) in [5, 5.41) is 14.4. The second kappa shape index (κ2) is 8.01. The van der Waals surface area contributed by atoms with Crippen LogP contribution in [0.1, 0.15) is 5.89 Å². The molecular weight excluding hydrogens is 436 g/mol. The Morgan fingerprint density at radius 2 is 2.03 bits per heavy atom. The highest BCUT2D eigenvalue weighted by molar-refractivity contribution is 7.98. The molecule has 0 aliphatic carbocycles. The fourth-order valence-corrected chi connectivity index (χ4v) is 4.27. The lowest BCUT2D eigenvalue weighted by molar-refractivity contribution is 0.391. The number of fused-ring (bicyclic) bond motifs is 3. The van der Waals surface area contributed by atoms with Crippen LogP contribution < -0.4 is 5.56 Å². The lowest BCUT2D eigenvalue weighted by Gasteiger charge is -2.09. The summed E-state index contributed by atoms with van der Waals surface area (Å²) in [6, 6.07) is 14.6. The first-order chi connectivity index (χ1) is 15.2. The fourth-order valence-electron chi connectivity index (χ4n) is 3.31. The van der Waals surface area contributed by atoms with E-state index in [0.29, 0.717) is 45.4 Å². The monoisotopic (exact) mass is 450 g/mol. The molecule has 0 bridgehead atoms. The highest BCUT2D eigenvalue weighted by atomic mass is 35.5. The van der Waals surface area contributed by atoms with E-state index in [9.17, 15) is 4.79 Å². The number of para-hydroxylation sites is 1. The Bertz CT molecular complexity index is 1490. The summed E-state index contributed by atoms with van der Waals surface area (Å²) in [7, 11) is 0. The normalized spacial score (nSPS) is 11.4. The van der Waals surface area contributed by atoms with Crippen molar-refractivity contribution in [2.45, 2.75) is 17.5 Å². The second-order valence-electron chi connectivity index (χ2n) is 6.65. The van der Waals surface area contributed by atoms with Crippen molar-refractivity contribution in [3.8, 4) is 11.4 Å². The number of allylic oxidation sites excluding steroid dienone is 1. The molecule has 3 heterocycles. The predicted octanol–water partition coefficient (Wildman–Crippen LogP) is 4.23. The Hall–Kier alpha value is -3.43. The smallest absolute Gasteiger partial charge is 0.263 e. The van der Waals surface area contributed by atoms with Crippen LogP contribution in [0.5, 0.6) is 0 Å². The molecule has 0 unspecified atom stereocenters. The molecule has 0 aliphatic rings. The molecule has 0 spiro atoms. The molecule has 0 saturated heterocycles. The van der Waals surface area contributed by atoms with E-state index < -0.39 is 0 Å². The van der Waals surface area contributed by atoms with Gasteiger partial charge in [-0.1, -0.05) is 58.9 Å². The summed E-state index contributed by atoms with van der Waals surface area (Å²) in [6.45, 7) is 4.08. The molecule has 0 amide bonds. The number of aromatic nitrogens is 6.